The third-order valence-electron chi connectivity index (χ3n) is 5.65. The maximum atomic E-state index is 12.9. The van der Waals surface area contributed by atoms with Gasteiger partial charge in [0.15, 0.2) is 6.61 Å². The van der Waals surface area contributed by atoms with E-state index in [0.29, 0.717) is 29.0 Å². The first-order chi connectivity index (χ1) is 16.9. The van der Waals surface area contributed by atoms with Crippen molar-refractivity contribution in [1.29, 1.82) is 0 Å². The second-order valence-electron chi connectivity index (χ2n) is 8.09. The maximum absolute atomic E-state index is 12.9. The summed E-state index contributed by atoms with van der Waals surface area (Å²) in [4.78, 5) is 37.2. The second-order valence-corrected chi connectivity index (χ2v) is 8.09. The third kappa shape index (κ3) is 5.76. The van der Waals surface area contributed by atoms with E-state index >= 15 is 0 Å². The number of carbonyl (C=O) groups excluding carboxylic acids is 2. The number of nitrogens with one attached hydrogen (secondary N) is 2. The van der Waals surface area contributed by atoms with Crippen molar-refractivity contribution >= 4 is 28.5 Å². The number of rotatable bonds is 8. The van der Waals surface area contributed by atoms with E-state index in [-0.39, 0.29) is 18.6 Å². The van der Waals surface area contributed by atoms with Crippen molar-refractivity contribution < 1.29 is 18.7 Å². The molecule has 0 spiro atoms. The van der Waals surface area contributed by atoms with Crippen molar-refractivity contribution in [2.24, 2.45) is 0 Å². The number of amides is 2. The van der Waals surface area contributed by atoms with Gasteiger partial charge in [0.2, 0.25) is 0 Å². The fourth-order valence-electron chi connectivity index (χ4n) is 3.82. The summed E-state index contributed by atoms with van der Waals surface area (Å²) in [5.41, 5.74) is 2.58. The Kier molecular flexibility index (Phi) is 7.26. The number of ether oxygens (including phenoxy) is 1. The summed E-state index contributed by atoms with van der Waals surface area (Å²) in [6, 6.07) is 22.8. The van der Waals surface area contributed by atoms with Crippen LogP contribution in [0.5, 0.6) is 5.75 Å². The van der Waals surface area contributed by atoms with Gasteiger partial charge in [-0.2, -0.15) is 0 Å². The lowest BCUT2D eigenvalue weighted by Crippen LogP contribution is -2.28. The van der Waals surface area contributed by atoms with Crippen LogP contribution in [0.4, 0.5) is 5.69 Å². The molecule has 2 N–H and O–H groups in total. The van der Waals surface area contributed by atoms with Crippen molar-refractivity contribution in [3.63, 3.8) is 0 Å². The molecule has 7 nitrogen and oxygen atoms in total. The molecule has 0 unspecified atom stereocenters. The molecular weight excluding hydrogens is 444 g/mol. The van der Waals surface area contributed by atoms with Crippen LogP contribution < -0.4 is 21.0 Å². The quantitative estimate of drug-likeness (QED) is 0.358. The average Bonchev–Trinajstić information content (AvgIpc) is 2.87. The smallest absolute Gasteiger partial charge is 0.336 e. The number of hydrogen-bond donors (Lipinski definition) is 2. The molecule has 7 heteroatoms. The van der Waals surface area contributed by atoms with Gasteiger partial charge in [0, 0.05) is 17.5 Å². The predicted molar refractivity (Wildman–Crippen MR) is 135 cm³/mol. The number of benzene rings is 3. The van der Waals surface area contributed by atoms with Gasteiger partial charge in [-0.25, -0.2) is 4.79 Å². The minimum atomic E-state index is -0.430. The summed E-state index contributed by atoms with van der Waals surface area (Å²) in [5, 5.41) is 6.53. The summed E-state index contributed by atoms with van der Waals surface area (Å²) in [7, 11) is 0. The minimum Gasteiger partial charge on any atom is -0.484 e. The second kappa shape index (κ2) is 10.7. The molecule has 1 heterocycles. The Labute approximate surface area is 202 Å². The lowest BCUT2D eigenvalue weighted by Gasteiger charge is -2.16. The summed E-state index contributed by atoms with van der Waals surface area (Å²) in [6.07, 6.45) is 0.696. The highest BCUT2D eigenvalue weighted by Gasteiger charge is 2.16. The first kappa shape index (κ1) is 23.8. The molecule has 0 saturated heterocycles. The van der Waals surface area contributed by atoms with Gasteiger partial charge in [-0.05, 0) is 48.7 Å². The van der Waals surface area contributed by atoms with Gasteiger partial charge >= 0.3 is 5.63 Å². The van der Waals surface area contributed by atoms with Crippen molar-refractivity contribution in [3.8, 4) is 5.75 Å². The Morgan fingerprint density at radius 2 is 1.71 bits per heavy atom. The Balaban J connectivity index is 1.42. The van der Waals surface area contributed by atoms with Crippen LogP contribution >= 0.6 is 0 Å². The zero-order chi connectivity index (χ0) is 24.8. The topological polar surface area (TPSA) is 97.6 Å². The highest BCUT2D eigenvalue weighted by molar-refractivity contribution is 6.04. The van der Waals surface area contributed by atoms with Crippen LogP contribution in [0.3, 0.4) is 0 Å². The molecule has 4 rings (SSSR count). The Hall–Kier alpha value is -4.39. The molecule has 3 aromatic carbocycles. The molecule has 0 saturated carbocycles. The number of para-hydroxylation sites is 1. The van der Waals surface area contributed by atoms with E-state index in [0.717, 1.165) is 16.5 Å². The molecule has 2 amide bonds. The van der Waals surface area contributed by atoms with E-state index in [1.807, 2.05) is 44.2 Å². The standard InChI is InChI=1S/C28H26N2O5/c1-3-19-15-27(32)35-25-16-21(13-14-22(19)25)34-17-26(31)30-24-12-8-7-11-23(24)28(33)29-18(2)20-9-5-4-6-10-20/h4-16,18H,3,17H2,1-2H3,(H,29,33)(H,30,31)/t18-/m1/s1. The zero-order valence-corrected chi connectivity index (χ0v) is 19.5. The van der Waals surface area contributed by atoms with Gasteiger partial charge in [-0.3, -0.25) is 9.59 Å². The van der Waals surface area contributed by atoms with Crippen molar-refractivity contribution in [2.75, 3.05) is 11.9 Å². The van der Waals surface area contributed by atoms with Gasteiger partial charge in [0.1, 0.15) is 11.3 Å². The van der Waals surface area contributed by atoms with Gasteiger partial charge in [-0.15, -0.1) is 0 Å². The van der Waals surface area contributed by atoms with E-state index in [1.54, 1.807) is 42.5 Å². The molecule has 1 aromatic heterocycles. The van der Waals surface area contributed by atoms with E-state index in [9.17, 15) is 14.4 Å². The van der Waals surface area contributed by atoms with Crippen LogP contribution in [-0.2, 0) is 11.2 Å². The van der Waals surface area contributed by atoms with Crippen molar-refractivity contribution in [3.05, 3.63) is 106 Å². The number of carbonyl (C=O) groups is 2. The number of hydrogen-bond acceptors (Lipinski definition) is 5. The van der Waals surface area contributed by atoms with Crippen LogP contribution in [0.15, 0.2) is 88.1 Å². The Morgan fingerprint density at radius 3 is 2.49 bits per heavy atom. The largest absolute Gasteiger partial charge is 0.484 e. The van der Waals surface area contributed by atoms with Crippen molar-refractivity contribution in [2.45, 2.75) is 26.3 Å². The molecule has 35 heavy (non-hydrogen) atoms. The summed E-state index contributed by atoms with van der Waals surface area (Å²) < 4.78 is 10.9. The van der Waals surface area contributed by atoms with E-state index in [2.05, 4.69) is 10.6 Å². The normalized spacial score (nSPS) is 11.6. The summed E-state index contributed by atoms with van der Waals surface area (Å²) >= 11 is 0. The molecule has 4 aromatic rings. The highest BCUT2D eigenvalue weighted by Crippen LogP contribution is 2.23. The lowest BCUT2D eigenvalue weighted by molar-refractivity contribution is -0.118. The number of fused-ring (bicyclic) bond motifs is 1. The number of anilines is 1. The van der Waals surface area contributed by atoms with Crippen LogP contribution in [-0.4, -0.2) is 18.4 Å². The van der Waals surface area contributed by atoms with Crippen LogP contribution in [0, 0.1) is 0 Å². The average molecular weight is 471 g/mol. The molecule has 0 bridgehead atoms. The molecule has 178 valence electrons. The van der Waals surface area contributed by atoms with Crippen molar-refractivity contribution in [1.82, 2.24) is 5.32 Å². The minimum absolute atomic E-state index is 0.197. The molecule has 0 aliphatic carbocycles. The molecule has 0 aliphatic rings. The van der Waals surface area contributed by atoms with Gasteiger partial charge in [0.05, 0.1) is 17.3 Å². The van der Waals surface area contributed by atoms with E-state index in [1.165, 1.54) is 6.07 Å². The van der Waals surface area contributed by atoms with E-state index < -0.39 is 11.5 Å². The number of aryl methyl sites for hydroxylation is 1. The molecule has 0 radical (unpaired) electrons. The first-order valence-corrected chi connectivity index (χ1v) is 11.4. The first-order valence-electron chi connectivity index (χ1n) is 11.4. The molecule has 1 atom stereocenters. The Bertz CT molecular complexity index is 1410. The summed E-state index contributed by atoms with van der Waals surface area (Å²) in [5.74, 6) is -0.327. The van der Waals surface area contributed by atoms with Crippen LogP contribution in [0.25, 0.3) is 11.0 Å². The maximum Gasteiger partial charge on any atom is 0.336 e. The van der Waals surface area contributed by atoms with Gasteiger partial charge in [0.25, 0.3) is 11.8 Å². The molecule has 0 aliphatic heterocycles. The monoisotopic (exact) mass is 470 g/mol. The van der Waals surface area contributed by atoms with Gasteiger partial charge in [-0.1, -0.05) is 49.4 Å². The highest BCUT2D eigenvalue weighted by atomic mass is 16.5. The van der Waals surface area contributed by atoms with Crippen LogP contribution in [0.1, 0.15) is 41.4 Å². The molecule has 0 fully saturated rings. The summed E-state index contributed by atoms with van der Waals surface area (Å²) in [6.45, 7) is 3.58. The Morgan fingerprint density at radius 1 is 0.971 bits per heavy atom. The van der Waals surface area contributed by atoms with E-state index in [4.69, 9.17) is 9.15 Å². The molecular formula is C28H26N2O5. The predicted octanol–water partition coefficient (Wildman–Crippen LogP) is 4.86. The fraction of sp³-hybridized carbons (Fsp3) is 0.179. The zero-order valence-electron chi connectivity index (χ0n) is 19.5. The van der Waals surface area contributed by atoms with Gasteiger partial charge < -0.3 is 19.8 Å². The SMILES string of the molecule is CCc1cc(=O)oc2cc(OCC(=O)Nc3ccccc3C(=O)N[C@H](C)c3ccccc3)ccc12. The fourth-order valence-corrected chi connectivity index (χ4v) is 3.82. The lowest BCUT2D eigenvalue weighted by atomic mass is 10.1. The van der Waals surface area contributed by atoms with Crippen LogP contribution in [0.2, 0.25) is 0 Å². The third-order valence-corrected chi connectivity index (χ3v) is 5.65.